The van der Waals surface area contributed by atoms with E-state index in [9.17, 15) is 18.0 Å². The molecule has 1 atom stereocenters. The number of alkyl halides is 3. The zero-order valence-corrected chi connectivity index (χ0v) is 11.4. The first kappa shape index (κ1) is 14.3. The van der Waals surface area contributed by atoms with Crippen LogP contribution in [0.1, 0.15) is 12.0 Å². The maximum absolute atomic E-state index is 12.9. The van der Waals surface area contributed by atoms with E-state index in [-0.39, 0.29) is 17.5 Å². The van der Waals surface area contributed by atoms with Gasteiger partial charge in [0.05, 0.1) is 17.2 Å². The Bertz CT molecular complexity index is 484. The molecule has 0 radical (unpaired) electrons. The number of nitrogens with one attached hydrogen (secondary N) is 2. The lowest BCUT2D eigenvalue weighted by molar-refractivity contribution is -0.137. The van der Waals surface area contributed by atoms with Gasteiger partial charge in [-0.2, -0.15) is 13.2 Å². The second kappa shape index (κ2) is 5.50. The first-order chi connectivity index (χ1) is 8.88. The lowest BCUT2D eigenvalue weighted by Gasteiger charge is -2.16. The molecule has 0 saturated carbocycles. The Labute approximate surface area is 116 Å². The molecule has 0 aliphatic carbocycles. The fourth-order valence-corrected chi connectivity index (χ4v) is 2.33. The molecule has 104 valence electrons. The summed E-state index contributed by atoms with van der Waals surface area (Å²) >= 11 is 3.00. The molecular formula is C12H12BrF3N2O. The van der Waals surface area contributed by atoms with Gasteiger partial charge in [0.2, 0.25) is 5.91 Å². The van der Waals surface area contributed by atoms with Crippen LogP contribution in [0, 0.1) is 5.92 Å². The van der Waals surface area contributed by atoms with E-state index in [1.54, 1.807) is 0 Å². The molecule has 1 aromatic rings. The fraction of sp³-hybridized carbons (Fsp3) is 0.417. The average molecular weight is 337 g/mol. The Kier molecular flexibility index (Phi) is 4.15. The highest BCUT2D eigenvalue weighted by Crippen LogP contribution is 2.36. The number of rotatable bonds is 2. The van der Waals surface area contributed by atoms with Gasteiger partial charge in [0.15, 0.2) is 0 Å². The Hall–Kier alpha value is -1.08. The van der Waals surface area contributed by atoms with Crippen molar-refractivity contribution < 1.29 is 18.0 Å². The maximum atomic E-state index is 12.9. The zero-order chi connectivity index (χ0) is 14.0. The lowest BCUT2D eigenvalue weighted by atomic mass is 10.1. The number of benzene rings is 1. The third-order valence-corrected chi connectivity index (χ3v) is 3.47. The zero-order valence-electron chi connectivity index (χ0n) is 9.85. The Morgan fingerprint density at radius 3 is 2.74 bits per heavy atom. The number of carbonyl (C=O) groups excluding carboxylic acids is 1. The Morgan fingerprint density at radius 2 is 2.16 bits per heavy atom. The molecule has 0 spiro atoms. The van der Waals surface area contributed by atoms with E-state index in [4.69, 9.17) is 0 Å². The molecule has 0 bridgehead atoms. The highest BCUT2D eigenvalue weighted by atomic mass is 79.9. The molecule has 1 fully saturated rings. The molecule has 1 saturated heterocycles. The van der Waals surface area contributed by atoms with Gasteiger partial charge in [-0.15, -0.1) is 0 Å². The molecule has 0 aromatic heterocycles. The molecule has 1 amide bonds. The van der Waals surface area contributed by atoms with E-state index in [1.807, 2.05) is 0 Å². The van der Waals surface area contributed by atoms with Crippen LogP contribution in [0.3, 0.4) is 0 Å². The van der Waals surface area contributed by atoms with Crippen molar-refractivity contribution in [1.82, 2.24) is 5.32 Å². The SMILES string of the molecule is O=C(Nc1ccc(Br)cc1C(F)(F)F)C1CCNC1. The number of hydrogen-bond acceptors (Lipinski definition) is 2. The minimum atomic E-state index is -4.50. The van der Waals surface area contributed by atoms with Crippen LogP contribution in [0.5, 0.6) is 0 Å². The van der Waals surface area contributed by atoms with Crippen molar-refractivity contribution in [3.05, 3.63) is 28.2 Å². The summed E-state index contributed by atoms with van der Waals surface area (Å²) in [6.07, 6.45) is -3.86. The van der Waals surface area contributed by atoms with Crippen LogP contribution in [-0.2, 0) is 11.0 Å². The van der Waals surface area contributed by atoms with E-state index >= 15 is 0 Å². The van der Waals surface area contributed by atoms with Crippen molar-refractivity contribution in [2.45, 2.75) is 12.6 Å². The summed E-state index contributed by atoms with van der Waals surface area (Å²) < 4.78 is 38.9. The number of amides is 1. The summed E-state index contributed by atoms with van der Waals surface area (Å²) in [4.78, 5) is 11.8. The number of carbonyl (C=O) groups is 1. The van der Waals surface area contributed by atoms with Crippen molar-refractivity contribution in [3.63, 3.8) is 0 Å². The Morgan fingerprint density at radius 1 is 1.42 bits per heavy atom. The minimum Gasteiger partial charge on any atom is -0.325 e. The molecule has 1 aromatic carbocycles. The monoisotopic (exact) mass is 336 g/mol. The number of anilines is 1. The highest BCUT2D eigenvalue weighted by molar-refractivity contribution is 9.10. The van der Waals surface area contributed by atoms with Gasteiger partial charge in [-0.3, -0.25) is 4.79 Å². The molecule has 2 N–H and O–H groups in total. The first-order valence-electron chi connectivity index (χ1n) is 5.76. The third kappa shape index (κ3) is 3.48. The topological polar surface area (TPSA) is 41.1 Å². The smallest absolute Gasteiger partial charge is 0.325 e. The van der Waals surface area contributed by atoms with Crippen molar-refractivity contribution >= 4 is 27.5 Å². The second-order valence-corrected chi connectivity index (χ2v) is 5.28. The summed E-state index contributed by atoms with van der Waals surface area (Å²) in [5.41, 5.74) is -1.05. The van der Waals surface area contributed by atoms with Gasteiger partial charge in [0.25, 0.3) is 0 Å². The van der Waals surface area contributed by atoms with E-state index in [0.29, 0.717) is 24.0 Å². The molecular weight excluding hydrogens is 325 g/mol. The molecule has 19 heavy (non-hydrogen) atoms. The molecule has 1 unspecified atom stereocenters. The van der Waals surface area contributed by atoms with E-state index in [0.717, 1.165) is 6.07 Å². The number of halogens is 4. The highest BCUT2D eigenvalue weighted by Gasteiger charge is 2.34. The van der Waals surface area contributed by atoms with Gasteiger partial charge in [-0.05, 0) is 31.2 Å². The number of hydrogen-bond donors (Lipinski definition) is 2. The normalized spacial score (nSPS) is 19.5. The standard InChI is InChI=1S/C12H12BrF3N2O/c13-8-1-2-10(9(5-8)12(14,15)16)18-11(19)7-3-4-17-6-7/h1-2,5,7,17H,3-4,6H2,(H,18,19). The van der Waals surface area contributed by atoms with Gasteiger partial charge in [0.1, 0.15) is 0 Å². The largest absolute Gasteiger partial charge is 0.418 e. The van der Waals surface area contributed by atoms with Gasteiger partial charge in [0, 0.05) is 11.0 Å². The predicted octanol–water partition coefficient (Wildman–Crippen LogP) is 3.02. The minimum absolute atomic E-state index is 0.201. The van der Waals surface area contributed by atoms with Crippen molar-refractivity contribution in [2.75, 3.05) is 18.4 Å². The van der Waals surface area contributed by atoms with Gasteiger partial charge < -0.3 is 10.6 Å². The predicted molar refractivity (Wildman–Crippen MR) is 68.8 cm³/mol. The summed E-state index contributed by atoms with van der Waals surface area (Å²) in [5.74, 6) is -0.650. The summed E-state index contributed by atoms with van der Waals surface area (Å²) in [7, 11) is 0. The summed E-state index contributed by atoms with van der Waals surface area (Å²) in [5, 5.41) is 5.37. The van der Waals surface area contributed by atoms with Crippen molar-refractivity contribution in [3.8, 4) is 0 Å². The van der Waals surface area contributed by atoms with Crippen LogP contribution in [0.4, 0.5) is 18.9 Å². The van der Waals surface area contributed by atoms with E-state index in [2.05, 4.69) is 26.6 Å². The molecule has 1 heterocycles. The molecule has 1 aliphatic heterocycles. The Balaban J connectivity index is 2.22. The van der Waals surface area contributed by atoms with Crippen LogP contribution in [-0.4, -0.2) is 19.0 Å². The van der Waals surface area contributed by atoms with Crippen molar-refractivity contribution in [1.29, 1.82) is 0 Å². The van der Waals surface area contributed by atoms with Crippen LogP contribution in [0.25, 0.3) is 0 Å². The fourth-order valence-electron chi connectivity index (χ4n) is 1.97. The lowest BCUT2D eigenvalue weighted by Crippen LogP contribution is -2.26. The van der Waals surface area contributed by atoms with Gasteiger partial charge in [-0.25, -0.2) is 0 Å². The summed E-state index contributed by atoms with van der Waals surface area (Å²) in [6, 6.07) is 3.69. The third-order valence-electron chi connectivity index (χ3n) is 2.98. The maximum Gasteiger partial charge on any atom is 0.418 e. The van der Waals surface area contributed by atoms with Crippen molar-refractivity contribution in [2.24, 2.45) is 5.92 Å². The van der Waals surface area contributed by atoms with Crippen LogP contribution < -0.4 is 10.6 Å². The van der Waals surface area contributed by atoms with E-state index in [1.165, 1.54) is 12.1 Å². The first-order valence-corrected chi connectivity index (χ1v) is 6.55. The molecule has 2 rings (SSSR count). The molecule has 7 heteroatoms. The van der Waals surface area contributed by atoms with Crippen LogP contribution in [0.15, 0.2) is 22.7 Å². The average Bonchev–Trinajstić information content (AvgIpc) is 2.83. The van der Waals surface area contributed by atoms with Gasteiger partial charge in [-0.1, -0.05) is 15.9 Å². The van der Waals surface area contributed by atoms with Gasteiger partial charge >= 0.3 is 6.18 Å². The van der Waals surface area contributed by atoms with Crippen LogP contribution in [0.2, 0.25) is 0 Å². The quantitative estimate of drug-likeness (QED) is 0.871. The van der Waals surface area contributed by atoms with Crippen LogP contribution >= 0.6 is 15.9 Å². The molecule has 1 aliphatic rings. The molecule has 3 nitrogen and oxygen atoms in total. The van der Waals surface area contributed by atoms with E-state index < -0.39 is 11.7 Å². The summed E-state index contributed by atoms with van der Waals surface area (Å²) in [6.45, 7) is 1.22. The second-order valence-electron chi connectivity index (χ2n) is 4.37.